The molecule has 0 saturated carbocycles. The van der Waals surface area contributed by atoms with Gasteiger partial charge in [0.25, 0.3) is 0 Å². The Kier molecular flexibility index (Phi) is 11.6. The normalized spacial score (nSPS) is 23.0. The lowest BCUT2D eigenvalue weighted by atomic mass is 9.90. The second kappa shape index (κ2) is 16.7. The molecule has 4 aromatic carbocycles. The van der Waals surface area contributed by atoms with Crippen LogP contribution in [0.1, 0.15) is 48.6 Å². The van der Waals surface area contributed by atoms with Crippen molar-refractivity contribution in [1.82, 2.24) is 19.6 Å². The number of amides is 2. The van der Waals surface area contributed by atoms with E-state index in [2.05, 4.69) is 104 Å². The second-order valence-electron chi connectivity index (χ2n) is 17.8. The first-order valence-electron chi connectivity index (χ1n) is 20.7. The van der Waals surface area contributed by atoms with Crippen LogP contribution >= 0.6 is 0 Å². The Morgan fingerprint density at radius 3 is 1.88 bits per heavy atom. The zero-order chi connectivity index (χ0) is 40.5. The Morgan fingerprint density at radius 1 is 0.724 bits per heavy atom. The summed E-state index contributed by atoms with van der Waals surface area (Å²) in [4.78, 5) is 19.8. The van der Waals surface area contributed by atoms with Gasteiger partial charge in [0.2, 0.25) is 0 Å². The Hall–Kier alpha value is -4.36. The maximum absolute atomic E-state index is 15.7. The number of ether oxygens (including phenoxy) is 5. The molecule has 5 aromatic rings. The van der Waals surface area contributed by atoms with Crippen molar-refractivity contribution < 1.29 is 28.5 Å². The van der Waals surface area contributed by atoms with Crippen LogP contribution in [0.25, 0.3) is 10.9 Å². The molecule has 58 heavy (non-hydrogen) atoms. The van der Waals surface area contributed by atoms with Crippen LogP contribution in [-0.4, -0.2) is 83.6 Å². The Bertz CT molecular complexity index is 2170. The van der Waals surface area contributed by atoms with Crippen LogP contribution in [0.2, 0.25) is 25.7 Å². The number of carbonyl (C=O) groups excluding carboxylic acids is 1. The number of hydrogen-bond acceptors (Lipinski definition) is 7. The number of carbonyl (C=O) groups is 1. The van der Waals surface area contributed by atoms with Crippen molar-refractivity contribution >= 4 is 25.0 Å². The molecule has 0 aliphatic carbocycles. The fraction of sp³-hybridized carbons (Fsp3) is 0.447. The molecule has 11 heteroatoms. The summed E-state index contributed by atoms with van der Waals surface area (Å²) in [5, 5.41) is 5.69. The van der Waals surface area contributed by atoms with Crippen LogP contribution in [0.5, 0.6) is 0 Å². The van der Waals surface area contributed by atoms with Gasteiger partial charge >= 0.3 is 6.03 Å². The summed E-state index contributed by atoms with van der Waals surface area (Å²) in [6.07, 6.45) is 2.31. The second-order valence-corrected chi connectivity index (χ2v) is 23.5. The summed E-state index contributed by atoms with van der Waals surface area (Å²) in [7, 11) is -1.20. The smallest absolute Gasteiger partial charge is 0.321 e. The zero-order valence-electron chi connectivity index (χ0n) is 34.8. The van der Waals surface area contributed by atoms with Crippen LogP contribution in [0.4, 0.5) is 4.79 Å². The van der Waals surface area contributed by atoms with E-state index in [0.717, 1.165) is 51.4 Å². The van der Waals surface area contributed by atoms with Gasteiger partial charge in [0.05, 0.1) is 37.0 Å². The van der Waals surface area contributed by atoms with Crippen molar-refractivity contribution in [2.75, 3.05) is 19.8 Å². The summed E-state index contributed by atoms with van der Waals surface area (Å²) in [6.45, 7) is 16.0. The highest BCUT2D eigenvalue weighted by Crippen LogP contribution is 2.41. The minimum Gasteiger partial charge on any atom is -0.360 e. The summed E-state index contributed by atoms with van der Waals surface area (Å²) >= 11 is 0. The fourth-order valence-corrected chi connectivity index (χ4v) is 9.40. The van der Waals surface area contributed by atoms with Gasteiger partial charge in [0, 0.05) is 38.7 Å². The van der Waals surface area contributed by atoms with E-state index >= 15 is 4.79 Å². The molecule has 10 nitrogen and oxygen atoms in total. The molecule has 0 spiro atoms. The highest BCUT2D eigenvalue weighted by atomic mass is 28.3. The van der Waals surface area contributed by atoms with E-state index in [0.29, 0.717) is 45.9 Å². The van der Waals surface area contributed by atoms with Crippen molar-refractivity contribution in [3.63, 3.8) is 0 Å². The fourth-order valence-electron chi connectivity index (χ4n) is 8.64. The van der Waals surface area contributed by atoms with Gasteiger partial charge < -0.3 is 33.5 Å². The molecule has 3 aliphatic rings. The molecule has 4 heterocycles. The molecule has 1 aromatic heterocycles. The SMILES string of the molecule is CC1(C)O[C@@H]2[C@@H](O1)[C@@H](Cc1ccccc1)N(Cc1ccc3c(cnn3COCC[Si](C)(C)C)c1)C(=O)N(Cc1cccc(C3(C)OCCO3)c1)[C@@H]2Cc1ccccc1. The molecule has 8 rings (SSSR count). The molecule has 306 valence electrons. The van der Waals surface area contributed by atoms with E-state index in [1.54, 1.807) is 0 Å². The number of nitrogens with zero attached hydrogens (tertiary/aromatic N) is 4. The molecular weight excluding hydrogens is 745 g/mol. The van der Waals surface area contributed by atoms with Crippen molar-refractivity contribution in [3.8, 4) is 0 Å². The van der Waals surface area contributed by atoms with Gasteiger partial charge in [-0.2, -0.15) is 5.10 Å². The first-order chi connectivity index (χ1) is 27.8. The number of rotatable bonds is 14. The number of benzene rings is 4. The quantitative estimate of drug-likeness (QED) is 0.0820. The van der Waals surface area contributed by atoms with Crippen molar-refractivity contribution in [2.45, 2.75) is 115 Å². The van der Waals surface area contributed by atoms with Crippen LogP contribution in [0, 0.1) is 0 Å². The average molecular weight is 803 g/mol. The Labute approximate surface area is 344 Å². The maximum Gasteiger partial charge on any atom is 0.321 e. The lowest BCUT2D eigenvalue weighted by molar-refractivity contribution is -0.157. The molecule has 0 unspecified atom stereocenters. The first-order valence-corrected chi connectivity index (χ1v) is 24.5. The number of fused-ring (bicyclic) bond motifs is 2. The van der Waals surface area contributed by atoms with Gasteiger partial charge in [-0.3, -0.25) is 0 Å². The van der Waals surface area contributed by atoms with E-state index in [1.165, 1.54) is 0 Å². The standard InChI is InChI=1S/C47H58N4O6Si/c1-46(2)56-43-41(28-34-14-9-7-10-15-34)49(31-36-18-13-19-39(27-36)47(3)54-22-23-55-47)45(52)50(42(44(43)57-46)29-35-16-11-8-12-17-35)32-37-20-21-40-38(26-37)30-48-51(40)33-53-24-25-58(4,5)6/h7-21,26-27,30,41-44H,22-25,28-29,31-33H2,1-6H3/t41-,42-,43+,44+/m1/s1. The topological polar surface area (TPSA) is 87.5 Å². The molecule has 3 saturated heterocycles. The van der Waals surface area contributed by atoms with Crippen molar-refractivity contribution in [3.05, 3.63) is 137 Å². The van der Waals surface area contributed by atoms with Crippen LogP contribution in [0.3, 0.4) is 0 Å². The maximum atomic E-state index is 15.7. The summed E-state index contributed by atoms with van der Waals surface area (Å²) < 4.78 is 34.0. The van der Waals surface area contributed by atoms with E-state index in [-0.39, 0.29) is 18.1 Å². The van der Waals surface area contributed by atoms with Crippen LogP contribution < -0.4 is 0 Å². The van der Waals surface area contributed by atoms with Crippen LogP contribution in [0.15, 0.2) is 109 Å². The monoisotopic (exact) mass is 802 g/mol. The predicted molar refractivity (Wildman–Crippen MR) is 228 cm³/mol. The zero-order valence-corrected chi connectivity index (χ0v) is 35.8. The molecule has 0 radical (unpaired) electrons. The minimum atomic E-state index is -1.20. The van der Waals surface area contributed by atoms with Gasteiger partial charge in [-0.05, 0) is 80.1 Å². The van der Waals surface area contributed by atoms with E-state index in [9.17, 15) is 0 Å². The lowest BCUT2D eigenvalue weighted by Crippen LogP contribution is -2.51. The Morgan fingerprint density at radius 2 is 1.29 bits per heavy atom. The first kappa shape index (κ1) is 40.4. The predicted octanol–water partition coefficient (Wildman–Crippen LogP) is 8.75. The third-order valence-corrected chi connectivity index (χ3v) is 13.4. The highest BCUT2D eigenvalue weighted by molar-refractivity contribution is 6.76. The number of hydrogen-bond donors (Lipinski definition) is 0. The summed E-state index contributed by atoms with van der Waals surface area (Å²) in [5.41, 5.74) is 6.20. The minimum absolute atomic E-state index is 0.0576. The van der Waals surface area contributed by atoms with Crippen LogP contribution in [-0.2, 0) is 62.1 Å². The lowest BCUT2D eigenvalue weighted by Gasteiger charge is -2.37. The third-order valence-electron chi connectivity index (χ3n) is 11.7. The molecule has 0 bridgehead atoms. The molecule has 0 N–H and O–H groups in total. The number of urea groups is 1. The summed E-state index contributed by atoms with van der Waals surface area (Å²) in [6, 6.07) is 35.8. The van der Waals surface area contributed by atoms with Gasteiger partial charge in [-0.15, -0.1) is 0 Å². The summed E-state index contributed by atoms with van der Waals surface area (Å²) in [5.74, 6) is -1.69. The van der Waals surface area contributed by atoms with Crippen molar-refractivity contribution in [2.24, 2.45) is 0 Å². The van der Waals surface area contributed by atoms with E-state index < -0.39 is 31.9 Å². The molecule has 4 atom stereocenters. The van der Waals surface area contributed by atoms with Crippen molar-refractivity contribution in [1.29, 1.82) is 0 Å². The van der Waals surface area contributed by atoms with Gasteiger partial charge in [0.15, 0.2) is 11.6 Å². The van der Waals surface area contributed by atoms with Gasteiger partial charge in [0.1, 0.15) is 18.9 Å². The molecule has 2 amide bonds. The largest absolute Gasteiger partial charge is 0.360 e. The molecule has 3 aliphatic heterocycles. The molecular formula is C47H58N4O6Si. The Balaban J connectivity index is 1.18. The molecule has 3 fully saturated rings. The van der Waals surface area contributed by atoms with E-state index in [1.807, 2.05) is 65.7 Å². The van der Waals surface area contributed by atoms with E-state index in [4.69, 9.17) is 23.7 Å². The number of aromatic nitrogens is 2. The van der Waals surface area contributed by atoms with Gasteiger partial charge in [-0.1, -0.05) is 105 Å². The average Bonchev–Trinajstić information content (AvgIpc) is 3.91. The highest BCUT2D eigenvalue weighted by Gasteiger charge is 2.55. The van der Waals surface area contributed by atoms with Gasteiger partial charge in [-0.25, -0.2) is 9.48 Å². The third kappa shape index (κ3) is 9.10.